The molecule has 3 N–H and O–H groups in total. The van der Waals surface area contributed by atoms with E-state index in [1.54, 1.807) is 0 Å². The number of carbonyl (C=O) groups is 1. The molecule has 1 aliphatic heterocycles. The molecule has 4 nitrogen and oxygen atoms in total. The van der Waals surface area contributed by atoms with Crippen LogP contribution in [0.2, 0.25) is 5.02 Å². The summed E-state index contributed by atoms with van der Waals surface area (Å²) in [5.74, 6) is -0.145. The number of hydrogen-bond acceptors (Lipinski definition) is 3. The molecule has 1 heterocycles. The van der Waals surface area contributed by atoms with Crippen molar-refractivity contribution in [3.63, 3.8) is 0 Å². The third-order valence-corrected chi connectivity index (χ3v) is 3.80. The topological polar surface area (TPSA) is 58.4 Å². The molecule has 0 aromatic heterocycles. The number of nitrogens with one attached hydrogen (secondary N) is 1. The number of anilines is 1. The zero-order chi connectivity index (χ0) is 14.5. The monoisotopic (exact) mass is 299 g/mol. The molecule has 1 atom stereocenters. The number of halogens is 2. The number of piperidine rings is 1. The molecule has 0 aliphatic carbocycles. The SMILES string of the molecule is NCC1CCCN(CC(=O)Nc2ccc(F)c(Cl)c2)C1. The number of nitrogens with two attached hydrogens (primary N) is 1. The summed E-state index contributed by atoms with van der Waals surface area (Å²) in [6.45, 7) is 2.75. The zero-order valence-corrected chi connectivity index (χ0v) is 12.0. The third kappa shape index (κ3) is 4.16. The van der Waals surface area contributed by atoms with Crippen LogP contribution in [0.25, 0.3) is 0 Å². The maximum atomic E-state index is 13.0. The van der Waals surface area contributed by atoms with Crippen LogP contribution >= 0.6 is 11.6 Å². The van der Waals surface area contributed by atoms with Crippen LogP contribution in [0.5, 0.6) is 0 Å². The zero-order valence-electron chi connectivity index (χ0n) is 11.2. The van der Waals surface area contributed by atoms with Gasteiger partial charge in [-0.2, -0.15) is 0 Å². The molecule has 1 aliphatic rings. The average molecular weight is 300 g/mol. The summed E-state index contributed by atoms with van der Waals surface area (Å²) in [6.07, 6.45) is 2.19. The highest BCUT2D eigenvalue weighted by molar-refractivity contribution is 6.31. The van der Waals surface area contributed by atoms with Crippen molar-refractivity contribution in [1.82, 2.24) is 4.90 Å². The third-order valence-electron chi connectivity index (χ3n) is 3.51. The number of hydrogen-bond donors (Lipinski definition) is 2. The van der Waals surface area contributed by atoms with E-state index in [0.29, 0.717) is 24.7 Å². The Hall–Kier alpha value is -1.17. The van der Waals surface area contributed by atoms with Crippen LogP contribution < -0.4 is 11.1 Å². The highest BCUT2D eigenvalue weighted by Gasteiger charge is 2.20. The maximum Gasteiger partial charge on any atom is 0.238 e. The Bertz CT molecular complexity index is 483. The molecule has 0 saturated carbocycles. The standard InChI is InChI=1S/C14H19ClFN3O/c15-12-6-11(3-4-13(12)16)18-14(20)9-19-5-1-2-10(7-17)8-19/h3-4,6,10H,1-2,5,7-9,17H2,(H,18,20). The molecule has 2 rings (SSSR count). The maximum absolute atomic E-state index is 13.0. The lowest BCUT2D eigenvalue weighted by molar-refractivity contribution is -0.117. The molecule has 110 valence electrons. The summed E-state index contributed by atoms with van der Waals surface area (Å²) in [5, 5.41) is 2.73. The fourth-order valence-corrected chi connectivity index (χ4v) is 2.65. The highest BCUT2D eigenvalue weighted by atomic mass is 35.5. The second-order valence-corrected chi connectivity index (χ2v) is 5.56. The fourth-order valence-electron chi connectivity index (χ4n) is 2.46. The van der Waals surface area contributed by atoms with Gasteiger partial charge >= 0.3 is 0 Å². The molecule has 0 radical (unpaired) electrons. The predicted octanol–water partition coefficient (Wildman–Crippen LogP) is 2.09. The Labute approximate surface area is 123 Å². The first-order chi connectivity index (χ1) is 9.58. The van der Waals surface area contributed by atoms with E-state index >= 15 is 0 Å². The van der Waals surface area contributed by atoms with Gasteiger partial charge in [0.25, 0.3) is 0 Å². The predicted molar refractivity (Wildman–Crippen MR) is 78.3 cm³/mol. The summed E-state index contributed by atoms with van der Waals surface area (Å²) >= 11 is 5.68. The van der Waals surface area contributed by atoms with E-state index in [4.69, 9.17) is 17.3 Å². The fraction of sp³-hybridized carbons (Fsp3) is 0.500. The minimum Gasteiger partial charge on any atom is -0.330 e. The number of nitrogens with zero attached hydrogens (tertiary/aromatic N) is 1. The molecule has 1 aromatic rings. The van der Waals surface area contributed by atoms with Crippen LogP contribution in [0, 0.1) is 11.7 Å². The van der Waals surface area contributed by atoms with Crippen molar-refractivity contribution in [2.24, 2.45) is 11.7 Å². The molecule has 1 aromatic carbocycles. The summed E-state index contributed by atoms with van der Waals surface area (Å²) in [4.78, 5) is 14.0. The van der Waals surface area contributed by atoms with Crippen molar-refractivity contribution in [1.29, 1.82) is 0 Å². The van der Waals surface area contributed by atoms with Gasteiger partial charge in [-0.25, -0.2) is 4.39 Å². The molecular weight excluding hydrogens is 281 g/mol. The largest absolute Gasteiger partial charge is 0.330 e. The van der Waals surface area contributed by atoms with E-state index in [9.17, 15) is 9.18 Å². The van der Waals surface area contributed by atoms with Gasteiger partial charge in [-0.3, -0.25) is 9.69 Å². The van der Waals surface area contributed by atoms with Gasteiger partial charge in [-0.15, -0.1) is 0 Å². The van der Waals surface area contributed by atoms with E-state index < -0.39 is 5.82 Å². The lowest BCUT2D eigenvalue weighted by Crippen LogP contribution is -2.42. The van der Waals surface area contributed by atoms with Crippen molar-refractivity contribution in [3.05, 3.63) is 29.0 Å². The van der Waals surface area contributed by atoms with Gasteiger partial charge in [0.1, 0.15) is 5.82 Å². The minimum atomic E-state index is -0.494. The lowest BCUT2D eigenvalue weighted by Gasteiger charge is -2.31. The first kappa shape index (κ1) is 15.2. The van der Waals surface area contributed by atoms with Gasteiger partial charge in [0.2, 0.25) is 5.91 Å². The summed E-state index contributed by atoms with van der Waals surface area (Å²) < 4.78 is 13.0. The van der Waals surface area contributed by atoms with Gasteiger partial charge < -0.3 is 11.1 Å². The summed E-state index contributed by atoms with van der Waals surface area (Å²) in [5.41, 5.74) is 6.18. The summed E-state index contributed by atoms with van der Waals surface area (Å²) in [7, 11) is 0. The van der Waals surface area contributed by atoms with Crippen molar-refractivity contribution in [3.8, 4) is 0 Å². The van der Waals surface area contributed by atoms with Gasteiger partial charge in [0, 0.05) is 12.2 Å². The second-order valence-electron chi connectivity index (χ2n) is 5.16. The van der Waals surface area contributed by atoms with Crippen LogP contribution in [-0.4, -0.2) is 37.0 Å². The lowest BCUT2D eigenvalue weighted by atomic mass is 9.98. The van der Waals surface area contributed by atoms with Crippen LogP contribution in [0.4, 0.5) is 10.1 Å². The van der Waals surface area contributed by atoms with Crippen LogP contribution in [0.15, 0.2) is 18.2 Å². The Morgan fingerprint density at radius 3 is 3.05 bits per heavy atom. The van der Waals surface area contributed by atoms with Crippen LogP contribution in [0.3, 0.4) is 0 Å². The van der Waals surface area contributed by atoms with Gasteiger partial charge in [0.05, 0.1) is 11.6 Å². The van der Waals surface area contributed by atoms with E-state index in [1.165, 1.54) is 18.2 Å². The minimum absolute atomic E-state index is 0.00367. The number of carbonyl (C=O) groups excluding carboxylic acids is 1. The molecule has 1 saturated heterocycles. The molecule has 1 unspecified atom stereocenters. The van der Waals surface area contributed by atoms with Crippen molar-refractivity contribution in [2.45, 2.75) is 12.8 Å². The Morgan fingerprint density at radius 2 is 2.35 bits per heavy atom. The number of amides is 1. The first-order valence-corrected chi connectivity index (χ1v) is 7.13. The van der Waals surface area contributed by atoms with E-state index in [-0.39, 0.29) is 10.9 Å². The molecule has 1 amide bonds. The normalized spacial score (nSPS) is 19.9. The van der Waals surface area contributed by atoms with Crippen LogP contribution in [-0.2, 0) is 4.79 Å². The highest BCUT2D eigenvalue weighted by Crippen LogP contribution is 2.19. The van der Waals surface area contributed by atoms with Gasteiger partial charge in [0.15, 0.2) is 0 Å². The molecular formula is C14H19ClFN3O. The molecule has 20 heavy (non-hydrogen) atoms. The molecule has 0 spiro atoms. The quantitative estimate of drug-likeness (QED) is 0.895. The number of rotatable bonds is 4. The van der Waals surface area contributed by atoms with Crippen molar-refractivity contribution in [2.75, 3.05) is 31.5 Å². The Balaban J connectivity index is 1.87. The van der Waals surface area contributed by atoms with Gasteiger partial charge in [-0.1, -0.05) is 11.6 Å². The van der Waals surface area contributed by atoms with E-state index in [1.807, 2.05) is 0 Å². The van der Waals surface area contributed by atoms with E-state index in [0.717, 1.165) is 25.9 Å². The average Bonchev–Trinajstić information content (AvgIpc) is 2.43. The van der Waals surface area contributed by atoms with Crippen LogP contribution in [0.1, 0.15) is 12.8 Å². The van der Waals surface area contributed by atoms with Crippen molar-refractivity contribution < 1.29 is 9.18 Å². The summed E-state index contributed by atoms with van der Waals surface area (Å²) in [6, 6.07) is 4.15. The molecule has 1 fully saturated rings. The Kier molecular flexibility index (Phi) is 5.34. The number of likely N-dealkylation sites (tertiary alicyclic amines) is 1. The van der Waals surface area contributed by atoms with Gasteiger partial charge in [-0.05, 0) is 50.0 Å². The second kappa shape index (κ2) is 7.02. The van der Waals surface area contributed by atoms with Crippen molar-refractivity contribution >= 4 is 23.2 Å². The smallest absolute Gasteiger partial charge is 0.238 e. The Morgan fingerprint density at radius 1 is 1.55 bits per heavy atom. The first-order valence-electron chi connectivity index (χ1n) is 6.76. The molecule has 6 heteroatoms. The molecule has 0 bridgehead atoms. The number of benzene rings is 1. The van der Waals surface area contributed by atoms with E-state index in [2.05, 4.69) is 10.2 Å².